The fourth-order valence-corrected chi connectivity index (χ4v) is 2.51. The van der Waals surface area contributed by atoms with E-state index in [4.69, 9.17) is 0 Å². The lowest BCUT2D eigenvalue weighted by molar-refractivity contribution is 0.0939. The van der Waals surface area contributed by atoms with Crippen LogP contribution in [0.2, 0.25) is 0 Å². The summed E-state index contributed by atoms with van der Waals surface area (Å²) in [5.74, 6) is -0.0652. The number of benzene rings is 2. The van der Waals surface area contributed by atoms with Gasteiger partial charge in [0, 0.05) is 4.47 Å². The molecule has 20 heavy (non-hydrogen) atoms. The van der Waals surface area contributed by atoms with Crippen molar-refractivity contribution in [2.45, 2.75) is 26.3 Å². The summed E-state index contributed by atoms with van der Waals surface area (Å²) < 4.78 is 0.811. The van der Waals surface area contributed by atoms with Gasteiger partial charge in [-0.15, -0.1) is 0 Å². The number of carbonyl (C=O) groups is 1. The maximum atomic E-state index is 12.2. The quantitative estimate of drug-likeness (QED) is 0.877. The molecule has 1 atom stereocenters. The Hall–Kier alpha value is -1.61. The molecule has 0 heterocycles. The first-order chi connectivity index (χ1) is 9.61. The summed E-state index contributed by atoms with van der Waals surface area (Å²) in [6.45, 7) is 4.13. The Bertz CT molecular complexity index is 592. The molecule has 0 aliphatic carbocycles. The fourth-order valence-electron chi connectivity index (χ4n) is 2.05. The Morgan fingerprint density at radius 2 is 1.80 bits per heavy atom. The van der Waals surface area contributed by atoms with Gasteiger partial charge >= 0.3 is 0 Å². The van der Waals surface area contributed by atoms with Crippen LogP contribution in [0.25, 0.3) is 0 Å². The van der Waals surface area contributed by atoms with Crippen molar-refractivity contribution in [1.82, 2.24) is 5.32 Å². The maximum absolute atomic E-state index is 12.2. The third kappa shape index (κ3) is 3.48. The van der Waals surface area contributed by atoms with Crippen LogP contribution >= 0.6 is 15.9 Å². The summed E-state index contributed by atoms with van der Waals surface area (Å²) in [7, 11) is 0. The minimum atomic E-state index is -0.0652. The van der Waals surface area contributed by atoms with E-state index in [1.165, 1.54) is 5.56 Å². The van der Waals surface area contributed by atoms with Crippen molar-refractivity contribution in [3.8, 4) is 0 Å². The number of rotatable bonds is 4. The number of carbonyl (C=O) groups excluding carboxylic acids is 1. The molecule has 0 saturated heterocycles. The molecule has 104 valence electrons. The summed E-state index contributed by atoms with van der Waals surface area (Å²) >= 11 is 3.40. The molecule has 0 fully saturated rings. The highest BCUT2D eigenvalue weighted by Gasteiger charge is 2.13. The van der Waals surface area contributed by atoms with E-state index in [1.54, 1.807) is 0 Å². The second-order valence-corrected chi connectivity index (χ2v) is 5.62. The molecule has 1 N–H and O–H groups in total. The van der Waals surface area contributed by atoms with Gasteiger partial charge in [0.25, 0.3) is 5.91 Å². The van der Waals surface area contributed by atoms with E-state index in [1.807, 2.05) is 31.2 Å². The smallest absolute Gasteiger partial charge is 0.252 e. The van der Waals surface area contributed by atoms with Crippen molar-refractivity contribution in [2.75, 3.05) is 0 Å². The van der Waals surface area contributed by atoms with Gasteiger partial charge in [0.1, 0.15) is 0 Å². The Balaban J connectivity index is 2.09. The van der Waals surface area contributed by atoms with E-state index in [-0.39, 0.29) is 11.9 Å². The van der Waals surface area contributed by atoms with Gasteiger partial charge < -0.3 is 5.32 Å². The second kappa shape index (κ2) is 6.71. The lowest BCUT2D eigenvalue weighted by Crippen LogP contribution is -2.26. The monoisotopic (exact) mass is 331 g/mol. The van der Waals surface area contributed by atoms with Crippen molar-refractivity contribution in [3.63, 3.8) is 0 Å². The average molecular weight is 332 g/mol. The Labute approximate surface area is 128 Å². The van der Waals surface area contributed by atoms with Gasteiger partial charge in [0.15, 0.2) is 0 Å². The number of halogens is 1. The van der Waals surface area contributed by atoms with Crippen LogP contribution < -0.4 is 5.32 Å². The van der Waals surface area contributed by atoms with Crippen LogP contribution in [0, 0.1) is 0 Å². The molecule has 2 aromatic carbocycles. The molecule has 2 rings (SSSR count). The third-order valence-electron chi connectivity index (χ3n) is 3.35. The lowest BCUT2D eigenvalue weighted by Gasteiger charge is -2.15. The van der Waals surface area contributed by atoms with E-state index >= 15 is 0 Å². The Morgan fingerprint density at radius 3 is 2.40 bits per heavy atom. The zero-order valence-corrected chi connectivity index (χ0v) is 13.3. The fraction of sp³-hybridized carbons (Fsp3) is 0.235. The van der Waals surface area contributed by atoms with Crippen molar-refractivity contribution in [1.29, 1.82) is 0 Å². The molecule has 0 aromatic heterocycles. The number of hydrogen-bond donors (Lipinski definition) is 1. The first-order valence-electron chi connectivity index (χ1n) is 6.76. The van der Waals surface area contributed by atoms with Crippen LogP contribution in [0.4, 0.5) is 0 Å². The van der Waals surface area contributed by atoms with Gasteiger partial charge in [0.2, 0.25) is 0 Å². The van der Waals surface area contributed by atoms with Crippen molar-refractivity contribution in [3.05, 3.63) is 69.7 Å². The predicted molar refractivity (Wildman–Crippen MR) is 85.8 cm³/mol. The number of hydrogen-bond acceptors (Lipinski definition) is 1. The summed E-state index contributed by atoms with van der Waals surface area (Å²) in [6.07, 6.45) is 1.03. The third-order valence-corrected chi connectivity index (χ3v) is 4.05. The molecule has 0 saturated carbocycles. The minimum absolute atomic E-state index is 0.0134. The van der Waals surface area contributed by atoms with Crippen LogP contribution in [-0.4, -0.2) is 5.91 Å². The van der Waals surface area contributed by atoms with Gasteiger partial charge in [-0.1, -0.05) is 43.3 Å². The number of nitrogens with one attached hydrogen (secondary N) is 1. The number of amides is 1. The molecule has 0 aliphatic rings. The zero-order valence-electron chi connectivity index (χ0n) is 11.7. The van der Waals surface area contributed by atoms with Crippen molar-refractivity contribution < 1.29 is 4.79 Å². The minimum Gasteiger partial charge on any atom is -0.345 e. The van der Waals surface area contributed by atoms with Gasteiger partial charge in [-0.05, 0) is 52.5 Å². The van der Waals surface area contributed by atoms with Crippen molar-refractivity contribution in [2.24, 2.45) is 0 Å². The standard InChI is InChI=1S/C17H18BrNO/c1-3-13-8-10-14(11-9-13)12(2)19-17(20)15-6-4-5-7-16(15)18/h4-12H,3H2,1-2H3,(H,19,20). The first kappa shape index (κ1) is 14.8. The van der Waals surface area contributed by atoms with E-state index in [2.05, 4.69) is 52.4 Å². The van der Waals surface area contributed by atoms with Crippen LogP contribution in [0.3, 0.4) is 0 Å². The van der Waals surface area contributed by atoms with Gasteiger partial charge in [-0.2, -0.15) is 0 Å². The van der Waals surface area contributed by atoms with Crippen LogP contribution in [0.15, 0.2) is 53.0 Å². The van der Waals surface area contributed by atoms with Crippen LogP contribution in [0.5, 0.6) is 0 Å². The van der Waals surface area contributed by atoms with E-state index in [0.29, 0.717) is 5.56 Å². The summed E-state index contributed by atoms with van der Waals surface area (Å²) in [6, 6.07) is 15.8. The topological polar surface area (TPSA) is 29.1 Å². The first-order valence-corrected chi connectivity index (χ1v) is 7.55. The van der Waals surface area contributed by atoms with Gasteiger partial charge in [-0.3, -0.25) is 4.79 Å². The van der Waals surface area contributed by atoms with Gasteiger partial charge in [-0.25, -0.2) is 0 Å². The molecule has 1 amide bonds. The molecule has 0 radical (unpaired) electrons. The van der Waals surface area contributed by atoms with Gasteiger partial charge in [0.05, 0.1) is 11.6 Å². The largest absolute Gasteiger partial charge is 0.345 e. The molecule has 1 unspecified atom stereocenters. The molecule has 0 spiro atoms. The molecule has 2 nitrogen and oxygen atoms in total. The van der Waals surface area contributed by atoms with E-state index in [9.17, 15) is 4.79 Å². The lowest BCUT2D eigenvalue weighted by atomic mass is 10.0. The maximum Gasteiger partial charge on any atom is 0.252 e. The summed E-state index contributed by atoms with van der Waals surface area (Å²) in [4.78, 5) is 12.2. The van der Waals surface area contributed by atoms with Crippen LogP contribution in [0.1, 0.15) is 41.4 Å². The molecule has 0 aliphatic heterocycles. The molecular formula is C17H18BrNO. The molecule has 3 heteroatoms. The highest BCUT2D eigenvalue weighted by atomic mass is 79.9. The molecular weight excluding hydrogens is 314 g/mol. The summed E-state index contributed by atoms with van der Waals surface area (Å²) in [5, 5.41) is 3.02. The van der Waals surface area contributed by atoms with E-state index < -0.39 is 0 Å². The predicted octanol–water partition coefficient (Wildman–Crippen LogP) is 4.50. The van der Waals surface area contributed by atoms with E-state index in [0.717, 1.165) is 16.5 Å². The molecule has 0 bridgehead atoms. The zero-order chi connectivity index (χ0) is 14.5. The summed E-state index contributed by atoms with van der Waals surface area (Å²) in [5.41, 5.74) is 3.07. The number of aryl methyl sites for hydroxylation is 1. The second-order valence-electron chi connectivity index (χ2n) is 4.77. The average Bonchev–Trinajstić information content (AvgIpc) is 2.47. The van der Waals surface area contributed by atoms with Crippen LogP contribution in [-0.2, 0) is 6.42 Å². The SMILES string of the molecule is CCc1ccc(C(C)NC(=O)c2ccccc2Br)cc1. The molecule has 2 aromatic rings. The Kier molecular flexibility index (Phi) is 4.96. The van der Waals surface area contributed by atoms with Crippen molar-refractivity contribution >= 4 is 21.8 Å². The Morgan fingerprint density at radius 1 is 1.15 bits per heavy atom. The highest BCUT2D eigenvalue weighted by Crippen LogP contribution is 2.18. The normalized spacial score (nSPS) is 11.9. The highest BCUT2D eigenvalue weighted by molar-refractivity contribution is 9.10.